The molecule has 2 fully saturated rings. The number of hydrogen-bond acceptors (Lipinski definition) is 2. The molecule has 0 bridgehead atoms. The third-order valence-electron chi connectivity index (χ3n) is 3.26. The molecule has 5 heteroatoms. The molecule has 1 saturated carbocycles. The average Bonchev–Trinajstić information content (AvgIpc) is 3.07. The summed E-state index contributed by atoms with van der Waals surface area (Å²) in [5.74, 6) is 0.704. The van der Waals surface area contributed by atoms with E-state index in [4.69, 9.17) is 15.8 Å². The van der Waals surface area contributed by atoms with Crippen molar-refractivity contribution < 1.29 is 8.39 Å². The van der Waals surface area contributed by atoms with Gasteiger partial charge in [0.1, 0.15) is 0 Å². The van der Waals surface area contributed by atoms with E-state index in [-0.39, 0.29) is 6.04 Å². The van der Waals surface area contributed by atoms with Crippen LogP contribution in [0.25, 0.3) is 0 Å². The van der Waals surface area contributed by atoms with Gasteiger partial charge in [0.2, 0.25) is 11.3 Å². The maximum atomic E-state index is 11.8. The smallest absolute Gasteiger partial charge is 0.237 e. The number of benzene rings is 1. The first-order chi connectivity index (χ1) is 8.24. The molecule has 1 saturated heterocycles. The van der Waals surface area contributed by atoms with Gasteiger partial charge in [0.25, 0.3) is 0 Å². The fourth-order valence-corrected chi connectivity index (χ4v) is 3.30. The van der Waals surface area contributed by atoms with Gasteiger partial charge in [-0.05, 0) is 36.5 Å². The summed E-state index contributed by atoms with van der Waals surface area (Å²) < 4.78 is 19.0. The Morgan fingerprint density at radius 2 is 2.06 bits per heavy atom. The SMILES string of the molecule is O=S1OCC(c2ccc(Cl)cc2)N1CC1CC1. The van der Waals surface area contributed by atoms with Crippen LogP contribution in [0.1, 0.15) is 24.4 Å². The molecular formula is C12H14ClNO2S. The lowest BCUT2D eigenvalue weighted by Crippen LogP contribution is -2.27. The average molecular weight is 272 g/mol. The van der Waals surface area contributed by atoms with E-state index in [1.807, 2.05) is 28.6 Å². The van der Waals surface area contributed by atoms with Gasteiger partial charge in [-0.2, -0.15) is 4.31 Å². The Morgan fingerprint density at radius 3 is 2.71 bits per heavy atom. The van der Waals surface area contributed by atoms with Gasteiger partial charge in [0, 0.05) is 11.6 Å². The first-order valence-electron chi connectivity index (χ1n) is 5.81. The van der Waals surface area contributed by atoms with Crippen LogP contribution in [0.15, 0.2) is 24.3 Å². The van der Waals surface area contributed by atoms with Gasteiger partial charge in [0.05, 0.1) is 12.6 Å². The predicted octanol–water partition coefficient (Wildman–Crippen LogP) is 2.70. The van der Waals surface area contributed by atoms with Crippen molar-refractivity contribution in [2.45, 2.75) is 18.9 Å². The molecule has 17 heavy (non-hydrogen) atoms. The van der Waals surface area contributed by atoms with E-state index < -0.39 is 11.3 Å². The minimum atomic E-state index is -1.28. The van der Waals surface area contributed by atoms with Gasteiger partial charge in [-0.25, -0.2) is 4.21 Å². The number of rotatable bonds is 3. The Hall–Kier alpha value is -0.420. The second kappa shape index (κ2) is 4.69. The molecule has 2 aliphatic rings. The maximum Gasteiger partial charge on any atom is 0.237 e. The zero-order valence-electron chi connectivity index (χ0n) is 9.34. The van der Waals surface area contributed by atoms with E-state index in [0.717, 1.165) is 17.1 Å². The Kier molecular flexibility index (Phi) is 3.21. The minimum absolute atomic E-state index is 0.105. The molecule has 1 aliphatic heterocycles. The van der Waals surface area contributed by atoms with Crippen molar-refractivity contribution in [3.05, 3.63) is 34.9 Å². The summed E-state index contributed by atoms with van der Waals surface area (Å²) in [6.45, 7) is 1.38. The molecule has 0 N–H and O–H groups in total. The second-order valence-corrected chi connectivity index (χ2v) is 6.19. The Balaban J connectivity index is 1.80. The highest BCUT2D eigenvalue weighted by Gasteiger charge is 2.37. The molecule has 0 amide bonds. The van der Waals surface area contributed by atoms with Crippen LogP contribution in [-0.4, -0.2) is 21.7 Å². The van der Waals surface area contributed by atoms with Crippen molar-refractivity contribution >= 4 is 22.9 Å². The minimum Gasteiger partial charge on any atom is -0.276 e. The highest BCUT2D eigenvalue weighted by atomic mass is 35.5. The summed E-state index contributed by atoms with van der Waals surface area (Å²) in [6.07, 6.45) is 2.50. The van der Waals surface area contributed by atoms with Crippen LogP contribution in [0, 0.1) is 5.92 Å². The van der Waals surface area contributed by atoms with Gasteiger partial charge >= 0.3 is 0 Å². The Labute approximate surface area is 109 Å². The molecule has 2 unspecified atom stereocenters. The van der Waals surface area contributed by atoms with Gasteiger partial charge in [-0.15, -0.1) is 0 Å². The van der Waals surface area contributed by atoms with Crippen LogP contribution < -0.4 is 0 Å². The molecule has 1 heterocycles. The summed E-state index contributed by atoms with van der Waals surface area (Å²) in [7, 11) is 0. The molecule has 1 aromatic carbocycles. The third-order valence-corrected chi connectivity index (χ3v) is 4.63. The van der Waals surface area contributed by atoms with Crippen LogP contribution in [-0.2, 0) is 15.4 Å². The largest absolute Gasteiger partial charge is 0.276 e. The van der Waals surface area contributed by atoms with Crippen LogP contribution in [0.3, 0.4) is 0 Å². The molecule has 1 aromatic rings. The van der Waals surface area contributed by atoms with Crippen molar-refractivity contribution in [2.75, 3.05) is 13.2 Å². The zero-order valence-corrected chi connectivity index (χ0v) is 10.9. The van der Waals surface area contributed by atoms with E-state index in [9.17, 15) is 4.21 Å². The first-order valence-corrected chi connectivity index (χ1v) is 7.22. The highest BCUT2D eigenvalue weighted by Crippen LogP contribution is 2.36. The van der Waals surface area contributed by atoms with E-state index in [0.29, 0.717) is 12.5 Å². The fraction of sp³-hybridized carbons (Fsp3) is 0.500. The molecule has 0 aromatic heterocycles. The van der Waals surface area contributed by atoms with Crippen LogP contribution in [0.4, 0.5) is 0 Å². The van der Waals surface area contributed by atoms with E-state index >= 15 is 0 Å². The molecule has 1 aliphatic carbocycles. The van der Waals surface area contributed by atoms with Gasteiger partial charge in [0.15, 0.2) is 0 Å². The lowest BCUT2D eigenvalue weighted by Gasteiger charge is -2.20. The molecule has 92 valence electrons. The van der Waals surface area contributed by atoms with E-state index in [1.54, 1.807) is 0 Å². The van der Waals surface area contributed by atoms with Crippen LogP contribution in [0.5, 0.6) is 0 Å². The predicted molar refractivity (Wildman–Crippen MR) is 67.7 cm³/mol. The summed E-state index contributed by atoms with van der Waals surface area (Å²) in [6, 6.07) is 7.81. The fourth-order valence-electron chi connectivity index (χ4n) is 2.07. The van der Waals surface area contributed by atoms with Crippen molar-refractivity contribution in [2.24, 2.45) is 5.92 Å². The molecule has 3 rings (SSSR count). The van der Waals surface area contributed by atoms with Crippen molar-refractivity contribution in [3.63, 3.8) is 0 Å². The molecule has 0 spiro atoms. The van der Waals surface area contributed by atoms with E-state index in [2.05, 4.69) is 0 Å². The number of nitrogens with zero attached hydrogens (tertiary/aromatic N) is 1. The second-order valence-electron chi connectivity index (χ2n) is 4.61. The number of hydrogen-bond donors (Lipinski definition) is 0. The standard InChI is InChI=1S/C12H14ClNO2S/c13-11-5-3-10(4-6-11)12-8-16-17(15)14(12)7-9-1-2-9/h3-6,9,12H,1-2,7-8H2. The molecule has 3 nitrogen and oxygen atoms in total. The summed E-state index contributed by atoms with van der Waals surface area (Å²) in [5.41, 5.74) is 1.13. The summed E-state index contributed by atoms with van der Waals surface area (Å²) in [4.78, 5) is 0. The Morgan fingerprint density at radius 1 is 1.35 bits per heavy atom. The molecule has 0 radical (unpaired) electrons. The Bertz CT molecular complexity index is 433. The third kappa shape index (κ3) is 2.55. The first kappa shape index (κ1) is 11.7. The maximum absolute atomic E-state index is 11.8. The molecular weight excluding hydrogens is 258 g/mol. The van der Waals surface area contributed by atoms with Gasteiger partial charge in [-0.3, -0.25) is 4.18 Å². The lowest BCUT2D eigenvalue weighted by atomic mass is 10.1. The normalized spacial score (nSPS) is 29.7. The lowest BCUT2D eigenvalue weighted by molar-refractivity contribution is 0.310. The summed E-state index contributed by atoms with van der Waals surface area (Å²) in [5, 5.41) is 0.725. The van der Waals surface area contributed by atoms with Crippen LogP contribution >= 0.6 is 11.6 Å². The molecule has 2 atom stereocenters. The van der Waals surface area contributed by atoms with Crippen LogP contribution in [0.2, 0.25) is 5.02 Å². The highest BCUT2D eigenvalue weighted by molar-refractivity contribution is 7.77. The van der Waals surface area contributed by atoms with Crippen molar-refractivity contribution in [3.8, 4) is 0 Å². The summed E-state index contributed by atoms with van der Waals surface area (Å²) >= 11 is 4.60. The topological polar surface area (TPSA) is 29.5 Å². The van der Waals surface area contributed by atoms with Gasteiger partial charge < -0.3 is 0 Å². The van der Waals surface area contributed by atoms with Crippen molar-refractivity contribution in [1.29, 1.82) is 0 Å². The zero-order chi connectivity index (χ0) is 11.8. The van der Waals surface area contributed by atoms with Gasteiger partial charge in [-0.1, -0.05) is 23.7 Å². The van der Waals surface area contributed by atoms with E-state index in [1.165, 1.54) is 12.8 Å². The monoisotopic (exact) mass is 271 g/mol. The number of halogens is 1. The van der Waals surface area contributed by atoms with Crippen molar-refractivity contribution in [1.82, 2.24) is 4.31 Å². The quantitative estimate of drug-likeness (QED) is 0.846.